The second kappa shape index (κ2) is 3.65. The Morgan fingerprint density at radius 1 is 1.75 bits per heavy atom. The predicted molar refractivity (Wildman–Crippen MR) is 26.4 cm³/mol. The first-order valence-electron chi connectivity index (χ1n) is 2.01. The molecule has 8 heavy (non-hydrogen) atoms. The van der Waals surface area contributed by atoms with Crippen molar-refractivity contribution in [2.45, 2.75) is 0 Å². The summed E-state index contributed by atoms with van der Waals surface area (Å²) in [5.41, 5.74) is 0. The average Bonchev–Trinajstić information content (AvgIpc) is 2.14. The molecule has 0 aromatic carbocycles. The predicted octanol–water partition coefficient (Wildman–Crippen LogP) is -1.60. The van der Waals surface area contributed by atoms with Crippen molar-refractivity contribution in [3.05, 3.63) is 18.4 Å². The number of furan rings is 1. The van der Waals surface area contributed by atoms with Gasteiger partial charge in [-0.05, 0) is 6.07 Å². The summed E-state index contributed by atoms with van der Waals surface area (Å²) >= 11 is 0. The SMILES string of the molecule is COc1ccco1.[H-].[Li+]. The summed E-state index contributed by atoms with van der Waals surface area (Å²) in [6, 6.07) is 3.53. The van der Waals surface area contributed by atoms with Crippen LogP contribution in [0.2, 0.25) is 0 Å². The van der Waals surface area contributed by atoms with Crippen molar-refractivity contribution in [3.63, 3.8) is 0 Å². The van der Waals surface area contributed by atoms with E-state index < -0.39 is 0 Å². The maximum absolute atomic E-state index is 4.76. The van der Waals surface area contributed by atoms with Crippen LogP contribution in [0.15, 0.2) is 22.8 Å². The Hall–Kier alpha value is -0.323. The summed E-state index contributed by atoms with van der Waals surface area (Å²) in [5.74, 6) is 0.556. The van der Waals surface area contributed by atoms with E-state index in [0.717, 1.165) is 0 Å². The normalized spacial score (nSPS) is 7.62. The number of rotatable bonds is 1. The largest absolute Gasteiger partial charge is 1.00 e. The molecule has 0 spiro atoms. The smallest absolute Gasteiger partial charge is 1.00 e. The molecule has 0 aliphatic rings. The van der Waals surface area contributed by atoms with Crippen molar-refractivity contribution in [2.24, 2.45) is 0 Å². The van der Waals surface area contributed by atoms with Crippen molar-refractivity contribution < 1.29 is 29.4 Å². The van der Waals surface area contributed by atoms with Crippen LogP contribution in [0, 0.1) is 0 Å². The van der Waals surface area contributed by atoms with Gasteiger partial charge in [0.05, 0.1) is 13.4 Å². The standard InChI is InChI=1S/C5H6O2.Li.H/c1-6-5-3-2-4-7-5;;/h2-4H,1H3;;/q;+1;-1. The van der Waals surface area contributed by atoms with E-state index in [1.165, 1.54) is 0 Å². The minimum atomic E-state index is 0. The molecule has 1 aromatic heterocycles. The molecule has 0 bridgehead atoms. The van der Waals surface area contributed by atoms with Gasteiger partial charge in [-0.15, -0.1) is 0 Å². The van der Waals surface area contributed by atoms with Crippen LogP contribution in [0.1, 0.15) is 1.43 Å². The molecule has 0 atom stereocenters. The molecule has 0 radical (unpaired) electrons. The Morgan fingerprint density at radius 2 is 2.50 bits per heavy atom. The van der Waals surface area contributed by atoms with Crippen LogP contribution in [-0.4, -0.2) is 7.11 Å². The Kier molecular flexibility index (Phi) is 3.50. The van der Waals surface area contributed by atoms with Crippen molar-refractivity contribution in [3.8, 4) is 5.95 Å². The fraction of sp³-hybridized carbons (Fsp3) is 0.200. The van der Waals surface area contributed by atoms with Crippen LogP contribution < -0.4 is 23.6 Å². The second-order valence-electron chi connectivity index (χ2n) is 1.14. The van der Waals surface area contributed by atoms with Gasteiger partial charge in [0.25, 0.3) is 5.95 Å². The topological polar surface area (TPSA) is 22.4 Å². The molecular weight excluding hydrogens is 99.0 g/mol. The first kappa shape index (κ1) is 7.68. The Morgan fingerprint density at radius 3 is 2.75 bits per heavy atom. The van der Waals surface area contributed by atoms with Gasteiger partial charge < -0.3 is 10.6 Å². The maximum atomic E-state index is 4.76. The molecule has 0 N–H and O–H groups in total. The number of methoxy groups -OCH3 is 1. The first-order chi connectivity index (χ1) is 3.43. The first-order valence-corrected chi connectivity index (χ1v) is 2.01. The van der Waals surface area contributed by atoms with E-state index in [1.54, 1.807) is 25.5 Å². The molecular formula is C5H7LiO2. The van der Waals surface area contributed by atoms with Gasteiger partial charge in [-0.2, -0.15) is 0 Å². The fourth-order valence-electron chi connectivity index (χ4n) is 0.380. The molecule has 0 fully saturated rings. The van der Waals surface area contributed by atoms with Crippen LogP contribution >= 0.6 is 0 Å². The average molecular weight is 106 g/mol. The van der Waals surface area contributed by atoms with Gasteiger partial charge in [0.2, 0.25) is 0 Å². The molecule has 0 unspecified atom stereocenters. The van der Waals surface area contributed by atoms with Crippen molar-refractivity contribution in [2.75, 3.05) is 7.11 Å². The quantitative estimate of drug-likeness (QED) is 0.402. The van der Waals surface area contributed by atoms with E-state index in [1.807, 2.05) is 0 Å². The fourth-order valence-corrected chi connectivity index (χ4v) is 0.380. The number of hydrogen-bond acceptors (Lipinski definition) is 2. The van der Waals surface area contributed by atoms with Crippen LogP contribution in [-0.2, 0) is 0 Å². The van der Waals surface area contributed by atoms with E-state index in [9.17, 15) is 0 Å². The summed E-state index contributed by atoms with van der Waals surface area (Å²) in [6.07, 6.45) is 1.57. The van der Waals surface area contributed by atoms with Gasteiger partial charge in [-0.25, -0.2) is 0 Å². The molecule has 2 nitrogen and oxygen atoms in total. The van der Waals surface area contributed by atoms with E-state index >= 15 is 0 Å². The molecule has 0 aliphatic heterocycles. The molecule has 0 amide bonds. The van der Waals surface area contributed by atoms with E-state index in [0.29, 0.717) is 5.95 Å². The molecule has 3 heteroatoms. The van der Waals surface area contributed by atoms with Gasteiger partial charge in [-0.1, -0.05) is 0 Å². The number of hydrogen-bond donors (Lipinski definition) is 0. The molecule has 1 heterocycles. The third-order valence-corrected chi connectivity index (χ3v) is 0.696. The second-order valence-corrected chi connectivity index (χ2v) is 1.14. The zero-order valence-corrected chi connectivity index (χ0v) is 5.05. The van der Waals surface area contributed by atoms with Crippen LogP contribution in [0.5, 0.6) is 5.95 Å². The van der Waals surface area contributed by atoms with E-state index in [2.05, 4.69) is 4.74 Å². The zero-order chi connectivity index (χ0) is 5.11. The molecule has 1 rings (SSSR count). The third kappa shape index (κ3) is 1.65. The molecule has 1 aromatic rings. The van der Waals surface area contributed by atoms with Crippen LogP contribution in [0.4, 0.5) is 0 Å². The van der Waals surface area contributed by atoms with Crippen molar-refractivity contribution >= 4 is 0 Å². The minimum absolute atomic E-state index is 0. The minimum Gasteiger partial charge on any atom is -1.00 e. The maximum Gasteiger partial charge on any atom is 1.00 e. The van der Waals surface area contributed by atoms with Gasteiger partial charge in [0.15, 0.2) is 0 Å². The number of ether oxygens (including phenoxy) is 1. The molecule has 40 valence electrons. The van der Waals surface area contributed by atoms with Crippen molar-refractivity contribution in [1.29, 1.82) is 0 Å². The van der Waals surface area contributed by atoms with Gasteiger partial charge in [0.1, 0.15) is 0 Å². The summed E-state index contributed by atoms with van der Waals surface area (Å²) in [6.45, 7) is 0. The zero-order valence-electron chi connectivity index (χ0n) is 6.05. The van der Waals surface area contributed by atoms with E-state index in [-0.39, 0.29) is 20.3 Å². The van der Waals surface area contributed by atoms with Crippen LogP contribution in [0.25, 0.3) is 0 Å². The van der Waals surface area contributed by atoms with Crippen LogP contribution in [0.3, 0.4) is 0 Å². The Balaban J connectivity index is 0. The molecule has 0 saturated heterocycles. The van der Waals surface area contributed by atoms with E-state index in [4.69, 9.17) is 4.42 Å². The van der Waals surface area contributed by atoms with Gasteiger partial charge in [-0.3, -0.25) is 0 Å². The van der Waals surface area contributed by atoms with Crippen molar-refractivity contribution in [1.82, 2.24) is 0 Å². The summed E-state index contributed by atoms with van der Waals surface area (Å²) in [4.78, 5) is 0. The Labute approximate surface area is 61.5 Å². The summed E-state index contributed by atoms with van der Waals surface area (Å²) < 4.78 is 9.45. The van der Waals surface area contributed by atoms with Gasteiger partial charge in [0, 0.05) is 6.07 Å². The summed E-state index contributed by atoms with van der Waals surface area (Å²) in [5, 5.41) is 0. The molecule has 0 aliphatic carbocycles. The monoisotopic (exact) mass is 106 g/mol. The molecule has 0 saturated carbocycles. The Bertz CT molecular complexity index is 130. The summed E-state index contributed by atoms with van der Waals surface area (Å²) in [7, 11) is 1.57. The third-order valence-electron chi connectivity index (χ3n) is 0.696. The van der Waals surface area contributed by atoms with Gasteiger partial charge >= 0.3 is 18.9 Å².